The summed E-state index contributed by atoms with van der Waals surface area (Å²) >= 11 is 5.74. The van der Waals surface area contributed by atoms with Gasteiger partial charge in [-0.1, -0.05) is 11.6 Å². The van der Waals surface area contributed by atoms with Gasteiger partial charge in [-0.2, -0.15) is 4.72 Å². The van der Waals surface area contributed by atoms with Crippen LogP contribution in [-0.2, 0) is 14.8 Å². The van der Waals surface area contributed by atoms with Gasteiger partial charge in [0.05, 0.1) is 4.90 Å². The first-order valence-corrected chi connectivity index (χ1v) is 6.96. The van der Waals surface area contributed by atoms with Crippen LogP contribution >= 0.6 is 11.6 Å². The van der Waals surface area contributed by atoms with Crippen LogP contribution in [-0.4, -0.2) is 25.0 Å². The average Bonchev–Trinajstić information content (AvgIpc) is 2.14. The molecular weight excluding hydrogens is 278 g/mol. The van der Waals surface area contributed by atoms with Crippen molar-refractivity contribution in [1.29, 1.82) is 0 Å². The maximum atomic E-state index is 12.1. The van der Waals surface area contributed by atoms with Gasteiger partial charge in [0.2, 0.25) is 10.0 Å². The SMILES string of the molecule is Cc1cc(Cl)ccc1S(=O)(=O)NC(C)(C)C(=O)O. The van der Waals surface area contributed by atoms with Crippen molar-refractivity contribution in [2.75, 3.05) is 0 Å². The summed E-state index contributed by atoms with van der Waals surface area (Å²) in [6.45, 7) is 4.14. The number of hydrogen-bond acceptors (Lipinski definition) is 3. The molecule has 0 saturated heterocycles. The Balaban J connectivity index is 3.19. The van der Waals surface area contributed by atoms with E-state index in [1.165, 1.54) is 32.0 Å². The van der Waals surface area contributed by atoms with E-state index < -0.39 is 21.5 Å². The van der Waals surface area contributed by atoms with E-state index in [1.807, 2.05) is 0 Å². The Morgan fingerprint density at radius 3 is 2.39 bits per heavy atom. The van der Waals surface area contributed by atoms with Crippen molar-refractivity contribution >= 4 is 27.6 Å². The van der Waals surface area contributed by atoms with E-state index in [9.17, 15) is 13.2 Å². The number of nitrogens with one attached hydrogen (secondary N) is 1. The first kappa shape index (κ1) is 14.9. The monoisotopic (exact) mass is 291 g/mol. The fourth-order valence-electron chi connectivity index (χ4n) is 1.35. The molecule has 2 N–H and O–H groups in total. The number of benzene rings is 1. The quantitative estimate of drug-likeness (QED) is 0.886. The molecule has 0 heterocycles. The molecule has 1 aromatic rings. The third-order valence-electron chi connectivity index (χ3n) is 2.35. The normalized spacial score (nSPS) is 12.4. The van der Waals surface area contributed by atoms with Gasteiger partial charge in [0.1, 0.15) is 5.54 Å². The molecule has 0 saturated carbocycles. The smallest absolute Gasteiger partial charge is 0.324 e. The number of carboxylic acid groups (broad SMARTS) is 1. The Labute approximate surface area is 111 Å². The predicted octanol–water partition coefficient (Wildman–Crippen LogP) is 1.79. The second-order valence-corrected chi connectivity index (χ2v) is 6.53. The number of carboxylic acids is 1. The van der Waals surface area contributed by atoms with Gasteiger partial charge in [0.15, 0.2) is 0 Å². The van der Waals surface area contributed by atoms with Crippen molar-refractivity contribution in [2.24, 2.45) is 0 Å². The molecule has 0 aliphatic carbocycles. The number of aryl methyl sites for hydroxylation is 1. The predicted molar refractivity (Wildman–Crippen MR) is 68.2 cm³/mol. The molecule has 1 rings (SSSR count). The Morgan fingerprint density at radius 1 is 1.39 bits per heavy atom. The molecule has 0 amide bonds. The van der Waals surface area contributed by atoms with Crippen LogP contribution in [0.1, 0.15) is 19.4 Å². The largest absolute Gasteiger partial charge is 0.480 e. The van der Waals surface area contributed by atoms with Crippen LogP contribution in [0.5, 0.6) is 0 Å². The van der Waals surface area contributed by atoms with Gasteiger partial charge in [0, 0.05) is 5.02 Å². The molecule has 0 aromatic heterocycles. The summed E-state index contributed by atoms with van der Waals surface area (Å²) in [5.41, 5.74) is -1.12. The molecule has 0 radical (unpaired) electrons. The summed E-state index contributed by atoms with van der Waals surface area (Å²) in [4.78, 5) is 10.9. The molecule has 0 fully saturated rings. The van der Waals surface area contributed by atoms with E-state index in [2.05, 4.69) is 4.72 Å². The number of sulfonamides is 1. The number of rotatable bonds is 4. The van der Waals surface area contributed by atoms with E-state index in [0.29, 0.717) is 10.6 Å². The van der Waals surface area contributed by atoms with Crippen LogP contribution in [0.25, 0.3) is 0 Å². The number of hydrogen-bond donors (Lipinski definition) is 2. The highest BCUT2D eigenvalue weighted by atomic mass is 35.5. The third kappa shape index (κ3) is 3.22. The summed E-state index contributed by atoms with van der Waals surface area (Å²) in [5.74, 6) is -1.25. The summed E-state index contributed by atoms with van der Waals surface area (Å²) in [6.07, 6.45) is 0. The molecular formula is C11H14ClNO4S. The summed E-state index contributed by atoms with van der Waals surface area (Å²) in [5, 5.41) is 9.34. The molecule has 7 heteroatoms. The Bertz CT molecular complexity index is 581. The number of carbonyl (C=O) groups is 1. The first-order chi connectivity index (χ1) is 8.06. The van der Waals surface area contributed by atoms with Crippen molar-refractivity contribution in [3.63, 3.8) is 0 Å². The molecule has 0 aliphatic rings. The topological polar surface area (TPSA) is 83.5 Å². The van der Waals surface area contributed by atoms with Gasteiger partial charge in [-0.05, 0) is 44.5 Å². The van der Waals surface area contributed by atoms with Crippen LogP contribution < -0.4 is 4.72 Å². The molecule has 0 spiro atoms. The zero-order valence-electron chi connectivity index (χ0n) is 10.2. The Morgan fingerprint density at radius 2 is 1.94 bits per heavy atom. The molecule has 1 aromatic carbocycles. The lowest BCUT2D eigenvalue weighted by Crippen LogP contribution is -2.49. The molecule has 0 aliphatic heterocycles. The molecule has 100 valence electrons. The lowest BCUT2D eigenvalue weighted by Gasteiger charge is -2.21. The maximum Gasteiger partial charge on any atom is 0.324 e. The van der Waals surface area contributed by atoms with Crippen LogP contribution in [0.15, 0.2) is 23.1 Å². The molecule has 0 bridgehead atoms. The second-order valence-electron chi connectivity index (χ2n) is 4.45. The van der Waals surface area contributed by atoms with Crippen LogP contribution in [0.2, 0.25) is 5.02 Å². The number of halogens is 1. The van der Waals surface area contributed by atoms with E-state index in [1.54, 1.807) is 6.92 Å². The minimum absolute atomic E-state index is 0.0150. The maximum absolute atomic E-state index is 12.1. The van der Waals surface area contributed by atoms with Gasteiger partial charge in [-0.3, -0.25) is 4.79 Å². The zero-order valence-corrected chi connectivity index (χ0v) is 11.8. The van der Waals surface area contributed by atoms with E-state index >= 15 is 0 Å². The lowest BCUT2D eigenvalue weighted by molar-refractivity contribution is -0.142. The fourth-order valence-corrected chi connectivity index (χ4v) is 3.17. The molecule has 5 nitrogen and oxygen atoms in total. The molecule has 18 heavy (non-hydrogen) atoms. The van der Waals surface area contributed by atoms with E-state index in [4.69, 9.17) is 16.7 Å². The van der Waals surface area contributed by atoms with Crippen molar-refractivity contribution in [1.82, 2.24) is 4.72 Å². The van der Waals surface area contributed by atoms with Crippen LogP contribution in [0.3, 0.4) is 0 Å². The van der Waals surface area contributed by atoms with Crippen LogP contribution in [0.4, 0.5) is 0 Å². The second kappa shape index (κ2) is 4.87. The van der Waals surface area contributed by atoms with Crippen molar-refractivity contribution in [2.45, 2.75) is 31.2 Å². The standard InChI is InChI=1S/C11H14ClNO4S/c1-7-6-8(12)4-5-9(7)18(16,17)13-11(2,3)10(14)15/h4-6,13H,1-3H3,(H,14,15). The van der Waals surface area contributed by atoms with Gasteiger partial charge < -0.3 is 5.11 Å². The minimum Gasteiger partial charge on any atom is -0.480 e. The Kier molecular flexibility index (Phi) is 4.05. The van der Waals surface area contributed by atoms with E-state index in [0.717, 1.165) is 0 Å². The molecule has 0 unspecified atom stereocenters. The van der Waals surface area contributed by atoms with Crippen LogP contribution in [0, 0.1) is 6.92 Å². The van der Waals surface area contributed by atoms with Gasteiger partial charge in [0.25, 0.3) is 0 Å². The van der Waals surface area contributed by atoms with Crippen molar-refractivity contribution < 1.29 is 18.3 Å². The first-order valence-electron chi connectivity index (χ1n) is 5.10. The fraction of sp³-hybridized carbons (Fsp3) is 0.364. The number of aliphatic carboxylic acids is 1. The van der Waals surface area contributed by atoms with E-state index in [-0.39, 0.29) is 4.90 Å². The average molecular weight is 292 g/mol. The summed E-state index contributed by atoms with van der Waals surface area (Å²) in [7, 11) is -3.90. The highest BCUT2D eigenvalue weighted by molar-refractivity contribution is 7.89. The minimum atomic E-state index is -3.90. The zero-order chi connectivity index (χ0) is 14.1. The lowest BCUT2D eigenvalue weighted by atomic mass is 10.1. The summed E-state index contributed by atoms with van der Waals surface area (Å²) in [6, 6.07) is 4.29. The Hall–Kier alpha value is -1.11. The molecule has 0 atom stereocenters. The van der Waals surface area contributed by atoms with Gasteiger partial charge in [-0.15, -0.1) is 0 Å². The van der Waals surface area contributed by atoms with Crippen molar-refractivity contribution in [3.8, 4) is 0 Å². The highest BCUT2D eigenvalue weighted by Gasteiger charge is 2.33. The van der Waals surface area contributed by atoms with Gasteiger partial charge >= 0.3 is 5.97 Å². The highest BCUT2D eigenvalue weighted by Crippen LogP contribution is 2.21. The third-order valence-corrected chi connectivity index (χ3v) is 4.40. The van der Waals surface area contributed by atoms with Crippen molar-refractivity contribution in [3.05, 3.63) is 28.8 Å². The summed E-state index contributed by atoms with van der Waals surface area (Å²) < 4.78 is 26.3. The van der Waals surface area contributed by atoms with Gasteiger partial charge in [-0.25, -0.2) is 8.42 Å².